The Kier molecular flexibility index (Phi) is 11.2. The van der Waals surface area contributed by atoms with Crippen LogP contribution < -0.4 is 5.32 Å². The van der Waals surface area contributed by atoms with Crippen molar-refractivity contribution >= 4 is 29.1 Å². The first-order valence-corrected chi connectivity index (χ1v) is 16.6. The van der Waals surface area contributed by atoms with Crippen LogP contribution in [0.5, 0.6) is 0 Å². The maximum atomic E-state index is 14.3. The minimum absolute atomic E-state index is 0.0432. The lowest BCUT2D eigenvalue weighted by Gasteiger charge is -2.31. The molecule has 2 aliphatic heterocycles. The molecule has 2 aliphatic rings. The molecule has 0 saturated carbocycles. The number of hydrogen-bond acceptors (Lipinski definition) is 4. The first-order valence-electron chi connectivity index (χ1n) is 15.8. The number of hydrogen-bond donors (Lipinski definition) is 2. The van der Waals surface area contributed by atoms with Crippen LogP contribution in [-0.2, 0) is 10.5 Å². The number of piperidine rings is 1. The Morgan fingerprint density at radius 1 is 0.907 bits per heavy atom. The Morgan fingerprint density at radius 3 is 2.19 bits per heavy atom. The van der Waals surface area contributed by atoms with E-state index in [4.69, 9.17) is 23.2 Å². The summed E-state index contributed by atoms with van der Waals surface area (Å²) in [6.45, 7) is 6.95. The van der Waals surface area contributed by atoms with Crippen molar-refractivity contribution in [3.8, 4) is 0 Å². The van der Waals surface area contributed by atoms with E-state index in [-0.39, 0.29) is 23.7 Å². The molecule has 3 aromatic carbocycles. The molecule has 43 heavy (non-hydrogen) atoms. The van der Waals surface area contributed by atoms with Crippen LogP contribution in [0.15, 0.2) is 78.9 Å². The Labute approximate surface area is 267 Å². The van der Waals surface area contributed by atoms with E-state index in [0.29, 0.717) is 35.2 Å². The zero-order chi connectivity index (χ0) is 30.2. The lowest BCUT2D eigenvalue weighted by Crippen LogP contribution is -2.42. The fourth-order valence-electron chi connectivity index (χ4n) is 6.70. The van der Waals surface area contributed by atoms with Gasteiger partial charge < -0.3 is 14.9 Å². The van der Waals surface area contributed by atoms with E-state index in [1.54, 1.807) is 25.1 Å². The van der Waals surface area contributed by atoms with Crippen molar-refractivity contribution < 1.29 is 9.90 Å². The normalized spacial score (nSPS) is 21.5. The van der Waals surface area contributed by atoms with E-state index in [1.807, 2.05) is 12.1 Å². The Morgan fingerprint density at radius 2 is 1.56 bits per heavy atom. The zero-order valence-corrected chi connectivity index (χ0v) is 26.7. The van der Waals surface area contributed by atoms with Crippen LogP contribution in [0.1, 0.15) is 68.1 Å². The number of benzene rings is 3. The molecule has 2 saturated heterocycles. The Bertz CT molecular complexity index is 1280. The van der Waals surface area contributed by atoms with Crippen molar-refractivity contribution in [1.29, 1.82) is 0 Å². The highest BCUT2D eigenvalue weighted by Crippen LogP contribution is 2.32. The molecule has 0 spiro atoms. The number of nitrogens with zero attached hydrogens (tertiary/aromatic N) is 2. The van der Waals surface area contributed by atoms with Gasteiger partial charge in [-0.3, -0.25) is 10.1 Å². The van der Waals surface area contributed by atoms with Gasteiger partial charge in [0.2, 0.25) is 5.91 Å². The summed E-state index contributed by atoms with van der Waals surface area (Å²) in [5.41, 5.74) is 1.86. The van der Waals surface area contributed by atoms with E-state index < -0.39 is 5.72 Å². The molecule has 0 radical (unpaired) electrons. The summed E-state index contributed by atoms with van der Waals surface area (Å²) in [5, 5.41) is 15.6. The lowest BCUT2D eigenvalue weighted by atomic mass is 9.89. The Hall–Kier alpha value is -2.41. The average molecular weight is 623 g/mol. The van der Waals surface area contributed by atoms with Crippen molar-refractivity contribution in [2.75, 3.05) is 39.3 Å². The molecule has 2 N–H and O–H groups in total. The summed E-state index contributed by atoms with van der Waals surface area (Å²) in [6.07, 6.45) is 6.37. The summed E-state index contributed by atoms with van der Waals surface area (Å²) >= 11 is 12.4. The molecule has 7 heteroatoms. The molecule has 5 nitrogen and oxygen atoms in total. The number of carbonyl (C=O) groups excluding carboxylic acids is 1. The second kappa shape index (κ2) is 15.0. The van der Waals surface area contributed by atoms with Crippen LogP contribution in [0.4, 0.5) is 0 Å². The molecule has 0 aliphatic carbocycles. The Balaban J connectivity index is 1.33. The second-order valence-corrected chi connectivity index (χ2v) is 13.3. The van der Waals surface area contributed by atoms with Gasteiger partial charge in [0.15, 0.2) is 0 Å². The average Bonchev–Trinajstić information content (AvgIpc) is 3.18. The predicted molar refractivity (Wildman–Crippen MR) is 176 cm³/mol. The maximum absolute atomic E-state index is 14.3. The van der Waals surface area contributed by atoms with Crippen LogP contribution in [0.3, 0.4) is 0 Å². The number of amides is 1. The van der Waals surface area contributed by atoms with Crippen LogP contribution >= 0.6 is 23.2 Å². The first kappa shape index (κ1) is 32.0. The van der Waals surface area contributed by atoms with Crippen molar-refractivity contribution in [3.05, 3.63) is 106 Å². The number of halogens is 2. The van der Waals surface area contributed by atoms with E-state index in [1.165, 1.54) is 30.4 Å². The highest BCUT2D eigenvalue weighted by atomic mass is 35.5. The van der Waals surface area contributed by atoms with E-state index in [0.717, 1.165) is 38.9 Å². The molecule has 1 amide bonds. The summed E-state index contributed by atoms with van der Waals surface area (Å²) < 4.78 is 0. The van der Waals surface area contributed by atoms with Crippen LogP contribution in [0, 0.1) is 11.8 Å². The third-order valence-corrected chi connectivity index (χ3v) is 10.1. The number of rotatable bonds is 11. The molecule has 3 atom stereocenters. The molecule has 0 bridgehead atoms. The second-order valence-electron chi connectivity index (χ2n) is 12.5. The van der Waals surface area contributed by atoms with Crippen molar-refractivity contribution in [1.82, 2.24) is 15.1 Å². The van der Waals surface area contributed by atoms with Crippen LogP contribution in [0.2, 0.25) is 10.0 Å². The van der Waals surface area contributed by atoms with Gasteiger partial charge in [0.05, 0.1) is 10.0 Å². The van der Waals surface area contributed by atoms with Crippen LogP contribution in [-0.4, -0.2) is 60.1 Å². The third kappa shape index (κ3) is 8.61. The maximum Gasteiger partial charge on any atom is 0.225 e. The fourth-order valence-corrected chi connectivity index (χ4v) is 6.99. The summed E-state index contributed by atoms with van der Waals surface area (Å²) in [5.74, 6) is 0.589. The van der Waals surface area contributed by atoms with Crippen molar-refractivity contribution in [2.45, 2.75) is 57.1 Å². The molecule has 5 rings (SSSR count). The van der Waals surface area contributed by atoms with Gasteiger partial charge in [0, 0.05) is 31.5 Å². The van der Waals surface area contributed by atoms with Gasteiger partial charge in [-0.25, -0.2) is 0 Å². The smallest absolute Gasteiger partial charge is 0.225 e. The molecular weight excluding hydrogens is 577 g/mol. The highest BCUT2D eigenvalue weighted by Gasteiger charge is 2.34. The minimum Gasteiger partial charge on any atom is -0.372 e. The minimum atomic E-state index is -1.26. The molecule has 3 aromatic rings. The quantitative estimate of drug-likeness (QED) is 0.220. The largest absolute Gasteiger partial charge is 0.372 e. The zero-order valence-electron chi connectivity index (χ0n) is 25.2. The summed E-state index contributed by atoms with van der Waals surface area (Å²) in [7, 11) is 0. The number of carbonyl (C=O) groups is 1. The summed E-state index contributed by atoms with van der Waals surface area (Å²) in [6, 6.07) is 26.3. The molecule has 3 unspecified atom stereocenters. The lowest BCUT2D eigenvalue weighted by molar-refractivity contribution is -0.135. The van der Waals surface area contributed by atoms with E-state index in [9.17, 15) is 9.90 Å². The topological polar surface area (TPSA) is 55.8 Å². The monoisotopic (exact) mass is 621 g/mol. The van der Waals surface area contributed by atoms with Gasteiger partial charge >= 0.3 is 0 Å². The number of aliphatic hydroxyl groups is 1. The fraction of sp³-hybridized carbons (Fsp3) is 0.472. The van der Waals surface area contributed by atoms with Gasteiger partial charge in [-0.1, -0.05) is 96.4 Å². The SMILES string of the molecule is CC(O)(NCC1CCN(CC(c2ccccc2)c2ccccc2)C(=O)C(CCN2CCCCC2)C1)c1ccc(Cl)c(Cl)c1. The number of nitrogens with one attached hydrogen (secondary N) is 1. The van der Waals surface area contributed by atoms with Crippen molar-refractivity contribution in [3.63, 3.8) is 0 Å². The molecular formula is C36H45Cl2N3O2. The van der Waals surface area contributed by atoms with Gasteiger partial charge in [-0.15, -0.1) is 0 Å². The van der Waals surface area contributed by atoms with Gasteiger partial charge in [0.1, 0.15) is 5.72 Å². The molecule has 230 valence electrons. The standard InChI is InChI=1S/C36H45Cl2N3O2/c1-36(43,31-15-16-33(37)34(38)24-31)39-25-27-17-22-41(35(42)30(23-27)18-21-40-19-9-4-10-20-40)26-32(28-11-5-2-6-12-28)29-13-7-3-8-14-29/h2-3,5-8,11-16,24,27,30,32,39,43H,4,9-10,17-23,25-26H2,1H3. The highest BCUT2D eigenvalue weighted by molar-refractivity contribution is 6.42. The first-order chi connectivity index (χ1) is 20.8. The van der Waals surface area contributed by atoms with Gasteiger partial charge in [0.25, 0.3) is 0 Å². The van der Waals surface area contributed by atoms with Gasteiger partial charge in [-0.2, -0.15) is 0 Å². The molecule has 0 aromatic heterocycles. The van der Waals surface area contributed by atoms with Crippen molar-refractivity contribution in [2.24, 2.45) is 11.8 Å². The summed E-state index contributed by atoms with van der Waals surface area (Å²) in [4.78, 5) is 18.9. The van der Waals surface area contributed by atoms with Gasteiger partial charge in [-0.05, 0) is 93.4 Å². The van der Waals surface area contributed by atoms with E-state index >= 15 is 0 Å². The van der Waals surface area contributed by atoms with E-state index in [2.05, 4.69) is 63.6 Å². The van der Waals surface area contributed by atoms with Crippen LogP contribution in [0.25, 0.3) is 0 Å². The predicted octanol–water partition coefficient (Wildman–Crippen LogP) is 7.31. The molecule has 2 fully saturated rings. The molecule has 2 heterocycles. The third-order valence-electron chi connectivity index (χ3n) is 9.35. The number of likely N-dealkylation sites (tertiary alicyclic amines) is 2.